The molecule has 0 heterocycles. The van der Waals surface area contributed by atoms with Gasteiger partial charge in [-0.3, -0.25) is 4.79 Å². The number of carbonyl (C=O) groups is 1. The van der Waals surface area contributed by atoms with Crippen molar-refractivity contribution >= 4 is 5.97 Å². The molecule has 1 atom stereocenters. The Labute approximate surface area is 85.9 Å². The van der Waals surface area contributed by atoms with Crippen molar-refractivity contribution in [1.82, 2.24) is 5.32 Å². The lowest BCUT2D eigenvalue weighted by molar-refractivity contribution is -0.140. The molecule has 2 N–H and O–H groups in total. The first-order valence-electron chi connectivity index (χ1n) is 5.59. The highest BCUT2D eigenvalue weighted by Gasteiger charge is 2.49. The molecule has 0 aromatic rings. The van der Waals surface area contributed by atoms with Crippen LogP contribution in [0.5, 0.6) is 0 Å². The Morgan fingerprint density at radius 3 is 2.57 bits per heavy atom. The third kappa shape index (κ3) is 2.98. The molecule has 1 aliphatic rings. The van der Waals surface area contributed by atoms with Gasteiger partial charge in [-0.1, -0.05) is 26.7 Å². The lowest BCUT2D eigenvalue weighted by Crippen LogP contribution is -2.39. The van der Waals surface area contributed by atoms with Gasteiger partial charge in [0, 0.05) is 0 Å². The van der Waals surface area contributed by atoms with Crippen molar-refractivity contribution in [2.75, 3.05) is 6.54 Å². The maximum absolute atomic E-state index is 10.8. The summed E-state index contributed by atoms with van der Waals surface area (Å²) in [6.07, 6.45) is 5.13. The summed E-state index contributed by atoms with van der Waals surface area (Å²) in [5, 5.41) is 12.1. The van der Waals surface area contributed by atoms with Crippen molar-refractivity contribution in [3.8, 4) is 0 Å². The van der Waals surface area contributed by atoms with E-state index in [2.05, 4.69) is 19.2 Å². The highest BCUT2D eigenvalue weighted by Crippen LogP contribution is 2.35. The zero-order valence-electron chi connectivity index (χ0n) is 9.18. The summed E-state index contributed by atoms with van der Waals surface area (Å²) >= 11 is 0. The van der Waals surface area contributed by atoms with Crippen LogP contribution in [0.2, 0.25) is 0 Å². The fourth-order valence-corrected chi connectivity index (χ4v) is 1.79. The molecular formula is C11H21NO2. The molecule has 0 aromatic heterocycles. The van der Waals surface area contributed by atoms with Crippen LogP contribution in [0.15, 0.2) is 0 Å². The van der Waals surface area contributed by atoms with E-state index < -0.39 is 11.5 Å². The van der Waals surface area contributed by atoms with E-state index in [1.54, 1.807) is 0 Å². The molecular weight excluding hydrogens is 178 g/mol. The summed E-state index contributed by atoms with van der Waals surface area (Å²) in [6, 6.07) is 0. The molecule has 0 aliphatic heterocycles. The quantitative estimate of drug-likeness (QED) is 0.659. The van der Waals surface area contributed by atoms with Gasteiger partial charge >= 0.3 is 5.97 Å². The van der Waals surface area contributed by atoms with Gasteiger partial charge in [0.25, 0.3) is 0 Å². The molecule has 0 aromatic carbocycles. The monoisotopic (exact) mass is 199 g/mol. The van der Waals surface area contributed by atoms with E-state index in [0.29, 0.717) is 5.92 Å². The average Bonchev–Trinajstić information content (AvgIpc) is 2.86. The zero-order valence-corrected chi connectivity index (χ0v) is 9.18. The highest BCUT2D eigenvalue weighted by atomic mass is 16.4. The molecule has 1 unspecified atom stereocenters. The number of hydrogen-bond donors (Lipinski definition) is 2. The van der Waals surface area contributed by atoms with Crippen LogP contribution in [0, 0.1) is 5.92 Å². The summed E-state index contributed by atoms with van der Waals surface area (Å²) in [4.78, 5) is 10.8. The van der Waals surface area contributed by atoms with Crippen molar-refractivity contribution in [3.63, 3.8) is 0 Å². The van der Waals surface area contributed by atoms with Crippen molar-refractivity contribution < 1.29 is 9.90 Å². The van der Waals surface area contributed by atoms with Crippen LogP contribution in [-0.2, 0) is 4.79 Å². The van der Waals surface area contributed by atoms with E-state index in [-0.39, 0.29) is 0 Å². The van der Waals surface area contributed by atoms with E-state index in [1.165, 1.54) is 12.8 Å². The molecule has 1 fully saturated rings. The summed E-state index contributed by atoms with van der Waals surface area (Å²) in [6.45, 7) is 5.25. The van der Waals surface area contributed by atoms with E-state index >= 15 is 0 Å². The Hall–Kier alpha value is -0.570. The number of carboxylic acid groups (broad SMARTS) is 1. The van der Waals surface area contributed by atoms with Crippen LogP contribution in [0.25, 0.3) is 0 Å². The second-order valence-corrected chi connectivity index (χ2v) is 4.50. The van der Waals surface area contributed by atoms with Crippen LogP contribution in [0.1, 0.15) is 46.0 Å². The second-order valence-electron chi connectivity index (χ2n) is 4.50. The standard InChI is InChI=1S/C11H21NO2/c1-3-4-9(2)5-8-12-11(6-7-11)10(13)14/h9,12H,3-8H2,1-2H3,(H,13,14). The van der Waals surface area contributed by atoms with Gasteiger partial charge in [0.15, 0.2) is 0 Å². The van der Waals surface area contributed by atoms with Gasteiger partial charge in [0.05, 0.1) is 0 Å². The minimum Gasteiger partial charge on any atom is -0.480 e. The SMILES string of the molecule is CCCC(C)CCNC1(C(=O)O)CC1. The average molecular weight is 199 g/mol. The normalized spacial score (nSPS) is 20.4. The van der Waals surface area contributed by atoms with Crippen molar-refractivity contribution in [1.29, 1.82) is 0 Å². The zero-order chi connectivity index (χ0) is 10.6. The van der Waals surface area contributed by atoms with Gasteiger partial charge in [-0.05, 0) is 31.7 Å². The molecule has 1 rings (SSSR count). The molecule has 3 nitrogen and oxygen atoms in total. The topological polar surface area (TPSA) is 49.3 Å². The molecule has 3 heteroatoms. The van der Waals surface area contributed by atoms with E-state index in [4.69, 9.17) is 5.11 Å². The maximum atomic E-state index is 10.8. The van der Waals surface area contributed by atoms with E-state index in [1.807, 2.05) is 0 Å². The van der Waals surface area contributed by atoms with E-state index in [9.17, 15) is 4.79 Å². The molecule has 1 saturated carbocycles. The Morgan fingerprint density at radius 1 is 1.50 bits per heavy atom. The second kappa shape index (κ2) is 4.78. The van der Waals surface area contributed by atoms with Gasteiger partial charge in [0.1, 0.15) is 5.54 Å². The van der Waals surface area contributed by atoms with Crippen molar-refractivity contribution in [3.05, 3.63) is 0 Å². The number of aliphatic carboxylic acids is 1. The summed E-state index contributed by atoms with van der Waals surface area (Å²) in [5.74, 6) is 0.0257. The van der Waals surface area contributed by atoms with E-state index in [0.717, 1.165) is 25.8 Å². The Kier molecular flexibility index (Phi) is 3.93. The smallest absolute Gasteiger partial charge is 0.323 e. The predicted molar refractivity (Wildman–Crippen MR) is 56.3 cm³/mol. The maximum Gasteiger partial charge on any atom is 0.323 e. The molecule has 0 saturated heterocycles. The molecule has 0 bridgehead atoms. The summed E-state index contributed by atoms with van der Waals surface area (Å²) in [7, 11) is 0. The Balaban J connectivity index is 2.12. The molecule has 1 aliphatic carbocycles. The van der Waals surface area contributed by atoms with Crippen LogP contribution in [0.3, 0.4) is 0 Å². The minimum atomic E-state index is -0.680. The molecule has 82 valence electrons. The first kappa shape index (κ1) is 11.5. The van der Waals surface area contributed by atoms with Gasteiger partial charge in [-0.2, -0.15) is 0 Å². The van der Waals surface area contributed by atoms with Crippen molar-refractivity contribution in [2.24, 2.45) is 5.92 Å². The van der Waals surface area contributed by atoms with Gasteiger partial charge in [-0.25, -0.2) is 0 Å². The number of hydrogen-bond acceptors (Lipinski definition) is 2. The Bertz CT molecular complexity index is 199. The van der Waals surface area contributed by atoms with Gasteiger partial charge < -0.3 is 10.4 Å². The molecule has 0 amide bonds. The van der Waals surface area contributed by atoms with Crippen LogP contribution in [0.4, 0.5) is 0 Å². The molecule has 14 heavy (non-hydrogen) atoms. The van der Waals surface area contributed by atoms with Crippen LogP contribution in [-0.4, -0.2) is 23.2 Å². The number of nitrogens with one attached hydrogen (secondary N) is 1. The number of carboxylic acids is 1. The highest BCUT2D eigenvalue weighted by molar-refractivity contribution is 5.82. The summed E-state index contributed by atoms with van der Waals surface area (Å²) < 4.78 is 0. The third-order valence-corrected chi connectivity index (χ3v) is 3.04. The fourth-order valence-electron chi connectivity index (χ4n) is 1.79. The Morgan fingerprint density at radius 2 is 2.14 bits per heavy atom. The first-order chi connectivity index (χ1) is 6.60. The lowest BCUT2D eigenvalue weighted by atomic mass is 10.0. The first-order valence-corrected chi connectivity index (χ1v) is 5.59. The lowest BCUT2D eigenvalue weighted by Gasteiger charge is -2.14. The fraction of sp³-hybridized carbons (Fsp3) is 0.909. The largest absolute Gasteiger partial charge is 0.480 e. The third-order valence-electron chi connectivity index (χ3n) is 3.04. The molecule has 0 spiro atoms. The predicted octanol–water partition coefficient (Wildman–Crippen LogP) is 2.02. The van der Waals surface area contributed by atoms with Crippen LogP contribution < -0.4 is 5.32 Å². The molecule has 0 radical (unpaired) electrons. The van der Waals surface area contributed by atoms with Crippen LogP contribution >= 0.6 is 0 Å². The minimum absolute atomic E-state index is 0.550. The number of rotatable bonds is 7. The summed E-state index contributed by atoms with van der Waals surface area (Å²) in [5.41, 5.74) is -0.550. The van der Waals surface area contributed by atoms with Gasteiger partial charge in [-0.15, -0.1) is 0 Å². The van der Waals surface area contributed by atoms with Gasteiger partial charge in [0.2, 0.25) is 0 Å². The van der Waals surface area contributed by atoms with Crippen molar-refractivity contribution in [2.45, 2.75) is 51.5 Å².